The van der Waals surface area contributed by atoms with Gasteiger partial charge in [0.05, 0.1) is 19.2 Å². The monoisotopic (exact) mass is 251 g/mol. The molecule has 1 aromatic carbocycles. The molecule has 0 aliphatic rings. The van der Waals surface area contributed by atoms with Crippen LogP contribution in [0.15, 0.2) is 23.6 Å². The fourth-order valence-electron chi connectivity index (χ4n) is 1.43. The lowest BCUT2D eigenvalue weighted by Gasteiger charge is -2.02. The van der Waals surface area contributed by atoms with Crippen LogP contribution in [-0.4, -0.2) is 18.4 Å². The van der Waals surface area contributed by atoms with E-state index in [-0.39, 0.29) is 5.75 Å². The largest absolute Gasteiger partial charge is 0.494 e. The molecule has 0 aliphatic heterocycles. The van der Waals surface area contributed by atoms with Gasteiger partial charge in [-0.2, -0.15) is 0 Å². The molecule has 17 heavy (non-hydrogen) atoms. The first kappa shape index (κ1) is 11.7. The van der Waals surface area contributed by atoms with Crippen molar-refractivity contribution < 1.29 is 13.9 Å². The van der Waals surface area contributed by atoms with E-state index in [2.05, 4.69) is 4.98 Å². The molecular weight excluding hydrogens is 241 g/mol. The van der Waals surface area contributed by atoms with E-state index in [0.717, 1.165) is 11.3 Å². The molecule has 1 aromatic heterocycles. The molecule has 3 nitrogen and oxygen atoms in total. The summed E-state index contributed by atoms with van der Waals surface area (Å²) in [6.07, 6.45) is 1.10. The lowest BCUT2D eigenvalue weighted by molar-refractivity contribution is -0.107. The van der Waals surface area contributed by atoms with Crippen molar-refractivity contribution in [1.29, 1.82) is 0 Å². The minimum atomic E-state index is -0.421. The zero-order valence-electron chi connectivity index (χ0n) is 9.14. The van der Waals surface area contributed by atoms with Crippen molar-refractivity contribution in [1.82, 2.24) is 4.98 Å². The predicted molar refractivity (Wildman–Crippen MR) is 63.8 cm³/mol. The van der Waals surface area contributed by atoms with Crippen LogP contribution >= 0.6 is 11.3 Å². The van der Waals surface area contributed by atoms with Crippen molar-refractivity contribution in [3.8, 4) is 17.0 Å². The normalized spacial score (nSPS) is 10.2. The highest BCUT2D eigenvalue weighted by molar-refractivity contribution is 7.10. The first-order chi connectivity index (χ1) is 8.24. The van der Waals surface area contributed by atoms with Crippen molar-refractivity contribution in [2.45, 2.75) is 6.42 Å². The van der Waals surface area contributed by atoms with E-state index < -0.39 is 5.82 Å². The summed E-state index contributed by atoms with van der Waals surface area (Å²) in [4.78, 5) is 14.6. The Morgan fingerprint density at radius 1 is 1.53 bits per heavy atom. The molecule has 0 amide bonds. The number of thiazole rings is 1. The number of hydrogen-bond acceptors (Lipinski definition) is 4. The molecule has 0 spiro atoms. The molecule has 88 valence electrons. The summed E-state index contributed by atoms with van der Waals surface area (Å²) in [5.74, 6) is -0.216. The third kappa shape index (κ3) is 2.50. The molecule has 5 heteroatoms. The number of methoxy groups -OCH3 is 1. The van der Waals surface area contributed by atoms with Gasteiger partial charge in [-0.05, 0) is 18.2 Å². The van der Waals surface area contributed by atoms with Crippen LogP contribution in [0, 0.1) is 5.82 Å². The third-order valence-electron chi connectivity index (χ3n) is 2.26. The smallest absolute Gasteiger partial charge is 0.165 e. The van der Waals surface area contributed by atoms with Gasteiger partial charge in [0.25, 0.3) is 0 Å². The maximum Gasteiger partial charge on any atom is 0.165 e. The van der Waals surface area contributed by atoms with Gasteiger partial charge in [0, 0.05) is 10.9 Å². The van der Waals surface area contributed by atoms with Crippen LogP contribution in [0.3, 0.4) is 0 Å². The van der Waals surface area contributed by atoms with Gasteiger partial charge in [-0.25, -0.2) is 9.37 Å². The van der Waals surface area contributed by atoms with Crippen LogP contribution < -0.4 is 4.74 Å². The molecular formula is C12H10FNO2S. The second-order valence-corrected chi connectivity index (χ2v) is 4.29. The molecule has 0 radical (unpaired) electrons. The zero-order valence-corrected chi connectivity index (χ0v) is 9.96. The van der Waals surface area contributed by atoms with E-state index in [1.807, 2.05) is 0 Å². The standard InChI is InChI=1S/C12H10FNO2S/c1-16-11-3-2-8(6-9(11)13)10-7-17-12(14-10)4-5-15/h2-3,5-7H,4H2,1H3. The molecule has 0 bridgehead atoms. The molecule has 0 atom stereocenters. The Bertz CT molecular complexity index is 539. The van der Waals surface area contributed by atoms with E-state index in [1.165, 1.54) is 24.5 Å². The Hall–Kier alpha value is -1.75. The summed E-state index contributed by atoms with van der Waals surface area (Å²) < 4.78 is 18.3. The van der Waals surface area contributed by atoms with Crippen LogP contribution in [0.5, 0.6) is 5.75 Å². The van der Waals surface area contributed by atoms with Crippen LogP contribution in [0.25, 0.3) is 11.3 Å². The fourth-order valence-corrected chi connectivity index (χ4v) is 2.19. The van der Waals surface area contributed by atoms with E-state index in [0.29, 0.717) is 17.7 Å². The van der Waals surface area contributed by atoms with E-state index in [4.69, 9.17) is 4.74 Å². The zero-order chi connectivity index (χ0) is 12.3. The van der Waals surface area contributed by atoms with E-state index in [1.54, 1.807) is 17.5 Å². The molecule has 0 aliphatic carbocycles. The number of aromatic nitrogens is 1. The molecule has 0 N–H and O–H groups in total. The number of carbonyl (C=O) groups excluding carboxylic acids is 1. The predicted octanol–water partition coefficient (Wildman–Crippen LogP) is 2.70. The number of aldehydes is 1. The second kappa shape index (κ2) is 5.05. The fraction of sp³-hybridized carbons (Fsp3) is 0.167. The molecule has 2 rings (SSSR count). The summed E-state index contributed by atoms with van der Waals surface area (Å²) in [7, 11) is 1.42. The van der Waals surface area contributed by atoms with Gasteiger partial charge < -0.3 is 9.53 Å². The second-order valence-electron chi connectivity index (χ2n) is 3.35. The average molecular weight is 251 g/mol. The van der Waals surface area contributed by atoms with Gasteiger partial charge >= 0.3 is 0 Å². The highest BCUT2D eigenvalue weighted by Crippen LogP contribution is 2.26. The molecule has 2 aromatic rings. The van der Waals surface area contributed by atoms with Crippen LogP contribution in [0.4, 0.5) is 4.39 Å². The Morgan fingerprint density at radius 2 is 2.35 bits per heavy atom. The number of carbonyl (C=O) groups is 1. The highest BCUT2D eigenvalue weighted by Gasteiger charge is 2.08. The number of halogens is 1. The minimum absolute atomic E-state index is 0.206. The first-order valence-corrected chi connectivity index (χ1v) is 5.84. The molecule has 0 saturated carbocycles. The minimum Gasteiger partial charge on any atom is -0.494 e. The number of benzene rings is 1. The summed E-state index contributed by atoms with van der Waals surface area (Å²) >= 11 is 1.39. The quantitative estimate of drug-likeness (QED) is 0.784. The van der Waals surface area contributed by atoms with Crippen molar-refractivity contribution >= 4 is 17.6 Å². The summed E-state index contributed by atoms with van der Waals surface area (Å²) in [6.45, 7) is 0. The first-order valence-electron chi connectivity index (χ1n) is 4.96. The van der Waals surface area contributed by atoms with Crippen LogP contribution in [-0.2, 0) is 11.2 Å². The Kier molecular flexibility index (Phi) is 3.49. The molecule has 0 fully saturated rings. The van der Waals surface area contributed by atoms with Gasteiger partial charge in [0.2, 0.25) is 0 Å². The van der Waals surface area contributed by atoms with Gasteiger partial charge in [-0.15, -0.1) is 11.3 Å². The Balaban J connectivity index is 2.32. The number of nitrogens with zero attached hydrogens (tertiary/aromatic N) is 1. The van der Waals surface area contributed by atoms with Crippen molar-refractivity contribution in [3.05, 3.63) is 34.4 Å². The van der Waals surface area contributed by atoms with E-state index in [9.17, 15) is 9.18 Å². The SMILES string of the molecule is COc1ccc(-c2csc(CC=O)n2)cc1F. The van der Waals surface area contributed by atoms with Crippen molar-refractivity contribution in [3.63, 3.8) is 0 Å². The lowest BCUT2D eigenvalue weighted by atomic mass is 10.1. The number of rotatable bonds is 4. The van der Waals surface area contributed by atoms with Crippen molar-refractivity contribution in [2.24, 2.45) is 0 Å². The van der Waals surface area contributed by atoms with Gasteiger partial charge in [-0.1, -0.05) is 0 Å². The summed E-state index contributed by atoms with van der Waals surface area (Å²) in [6, 6.07) is 4.67. The maximum absolute atomic E-state index is 13.5. The summed E-state index contributed by atoms with van der Waals surface area (Å²) in [5.41, 5.74) is 1.35. The lowest BCUT2D eigenvalue weighted by Crippen LogP contribution is -1.89. The maximum atomic E-state index is 13.5. The van der Waals surface area contributed by atoms with Crippen molar-refractivity contribution in [2.75, 3.05) is 7.11 Å². The Labute approximate surface area is 102 Å². The van der Waals surface area contributed by atoms with Gasteiger partial charge in [0.1, 0.15) is 11.3 Å². The highest BCUT2D eigenvalue weighted by atomic mass is 32.1. The van der Waals surface area contributed by atoms with E-state index >= 15 is 0 Å². The number of hydrogen-bond donors (Lipinski definition) is 0. The Morgan fingerprint density at radius 3 is 3.00 bits per heavy atom. The summed E-state index contributed by atoms with van der Waals surface area (Å²) in [5, 5.41) is 2.53. The third-order valence-corrected chi connectivity index (χ3v) is 3.13. The average Bonchev–Trinajstić information content (AvgIpc) is 2.78. The van der Waals surface area contributed by atoms with Crippen LogP contribution in [0.2, 0.25) is 0 Å². The van der Waals surface area contributed by atoms with Crippen LogP contribution in [0.1, 0.15) is 5.01 Å². The molecule has 0 unspecified atom stereocenters. The topological polar surface area (TPSA) is 39.2 Å². The molecule has 1 heterocycles. The van der Waals surface area contributed by atoms with Gasteiger partial charge in [0.15, 0.2) is 11.6 Å². The molecule has 0 saturated heterocycles. The van der Waals surface area contributed by atoms with Gasteiger partial charge in [-0.3, -0.25) is 0 Å². The number of ether oxygens (including phenoxy) is 1.